The molecule has 7 heteroatoms. The Morgan fingerprint density at radius 3 is 2.68 bits per heavy atom. The Kier molecular flexibility index (Phi) is 4.12. The number of anilines is 1. The molecule has 2 aliphatic rings. The number of benzene rings is 1. The highest BCUT2D eigenvalue weighted by atomic mass is 19.1. The van der Waals surface area contributed by atoms with Crippen LogP contribution in [0.15, 0.2) is 23.1 Å². The van der Waals surface area contributed by atoms with Gasteiger partial charge in [0.05, 0.1) is 16.6 Å². The van der Waals surface area contributed by atoms with Crippen molar-refractivity contribution >= 4 is 28.6 Å². The van der Waals surface area contributed by atoms with Crippen LogP contribution in [0.2, 0.25) is 0 Å². The average molecular weight is 385 g/mol. The second-order valence-corrected chi connectivity index (χ2v) is 8.36. The summed E-state index contributed by atoms with van der Waals surface area (Å²) in [6.45, 7) is 8.29. The summed E-state index contributed by atoms with van der Waals surface area (Å²) >= 11 is 0. The lowest BCUT2D eigenvalue weighted by molar-refractivity contribution is 0.0694. The topological polar surface area (TPSA) is 65.8 Å². The van der Waals surface area contributed by atoms with E-state index in [2.05, 4.69) is 25.8 Å². The Balaban J connectivity index is 2.00. The summed E-state index contributed by atoms with van der Waals surface area (Å²) < 4.78 is 17.0. The molecule has 0 spiro atoms. The molecule has 0 bridgehead atoms. The highest BCUT2D eigenvalue weighted by Gasteiger charge is 2.34. The van der Waals surface area contributed by atoms with Gasteiger partial charge in [-0.15, -0.1) is 0 Å². The van der Waals surface area contributed by atoms with Crippen molar-refractivity contribution in [2.75, 3.05) is 31.6 Å². The lowest BCUT2D eigenvalue weighted by Crippen LogP contribution is -2.58. The summed E-state index contributed by atoms with van der Waals surface area (Å²) in [5, 5.41) is 9.50. The van der Waals surface area contributed by atoms with Gasteiger partial charge in [-0.05, 0) is 33.9 Å². The largest absolute Gasteiger partial charge is 0.477 e. The number of rotatable bonds is 2. The number of likely N-dealkylation sites (N-methyl/N-ethyl adjacent to an activating group) is 1. The molecule has 0 aliphatic carbocycles. The minimum absolute atomic E-state index is 0.112. The SMILES string of the molecule is CC1C=Cc2c(N3CCN(C)C(C)(C)C3)c(F)cc3c(=O)c(C(=O)O)cn1c23. The van der Waals surface area contributed by atoms with E-state index < -0.39 is 17.2 Å². The third kappa shape index (κ3) is 2.64. The zero-order valence-electron chi connectivity index (χ0n) is 16.5. The molecule has 1 N–H and O–H groups in total. The molecule has 3 heterocycles. The Labute approximate surface area is 162 Å². The van der Waals surface area contributed by atoms with Gasteiger partial charge >= 0.3 is 5.97 Å². The smallest absolute Gasteiger partial charge is 0.341 e. The number of carboxylic acids is 1. The number of halogens is 1. The first-order valence-electron chi connectivity index (χ1n) is 9.41. The van der Waals surface area contributed by atoms with Crippen LogP contribution in [-0.4, -0.2) is 52.8 Å². The van der Waals surface area contributed by atoms with Crippen molar-refractivity contribution in [2.24, 2.45) is 0 Å². The van der Waals surface area contributed by atoms with E-state index in [0.717, 1.165) is 6.54 Å². The van der Waals surface area contributed by atoms with Gasteiger partial charge in [-0.3, -0.25) is 9.69 Å². The minimum atomic E-state index is -1.30. The van der Waals surface area contributed by atoms with Gasteiger partial charge in [-0.25, -0.2) is 9.18 Å². The molecule has 1 aromatic carbocycles. The standard InChI is InChI=1S/C21H24FN3O3/c1-12-5-6-13-17-14(19(26)15(20(27)28)10-25(12)17)9-16(22)18(13)24-8-7-23(4)21(2,3)11-24/h5-6,9-10,12H,7-8,11H2,1-4H3,(H,27,28). The molecule has 1 atom stereocenters. The van der Waals surface area contributed by atoms with Gasteiger partial charge in [0.2, 0.25) is 5.43 Å². The summed E-state index contributed by atoms with van der Waals surface area (Å²) in [6.07, 6.45) is 5.14. The van der Waals surface area contributed by atoms with E-state index in [1.54, 1.807) is 4.57 Å². The molecule has 28 heavy (non-hydrogen) atoms. The van der Waals surface area contributed by atoms with Crippen LogP contribution in [0.25, 0.3) is 17.0 Å². The summed E-state index contributed by atoms with van der Waals surface area (Å²) in [6, 6.07) is 1.08. The fraction of sp³-hybridized carbons (Fsp3) is 0.429. The van der Waals surface area contributed by atoms with Gasteiger partial charge in [0.25, 0.3) is 0 Å². The molecule has 0 radical (unpaired) electrons. The number of hydrogen-bond donors (Lipinski definition) is 1. The third-order valence-corrected chi connectivity index (χ3v) is 6.12. The number of hydrogen-bond acceptors (Lipinski definition) is 4. The molecule has 2 aliphatic heterocycles. The number of piperazine rings is 1. The number of nitrogens with zero attached hydrogens (tertiary/aromatic N) is 3. The van der Waals surface area contributed by atoms with Crippen molar-refractivity contribution in [3.8, 4) is 0 Å². The molecule has 1 saturated heterocycles. The summed E-state index contributed by atoms with van der Waals surface area (Å²) in [5.74, 6) is -1.79. The second-order valence-electron chi connectivity index (χ2n) is 8.36. The molecule has 0 saturated carbocycles. The number of carboxylic acid groups (broad SMARTS) is 1. The average Bonchev–Trinajstić information content (AvgIpc) is 2.61. The molecule has 2 aromatic rings. The van der Waals surface area contributed by atoms with E-state index in [1.165, 1.54) is 12.3 Å². The van der Waals surface area contributed by atoms with E-state index in [0.29, 0.717) is 29.9 Å². The molecular weight excluding hydrogens is 361 g/mol. The van der Waals surface area contributed by atoms with E-state index in [9.17, 15) is 14.7 Å². The molecule has 6 nitrogen and oxygen atoms in total. The lowest BCUT2D eigenvalue weighted by Gasteiger charge is -2.46. The molecular formula is C21H24FN3O3. The van der Waals surface area contributed by atoms with Crippen LogP contribution in [-0.2, 0) is 0 Å². The number of aromatic carboxylic acids is 1. The third-order valence-electron chi connectivity index (χ3n) is 6.12. The number of carbonyl (C=O) groups is 1. The van der Waals surface area contributed by atoms with Crippen molar-refractivity contribution < 1.29 is 14.3 Å². The van der Waals surface area contributed by atoms with E-state index >= 15 is 4.39 Å². The Bertz CT molecular complexity index is 1090. The number of allylic oxidation sites excluding steroid dienone is 1. The predicted molar refractivity (Wildman–Crippen MR) is 108 cm³/mol. The summed E-state index contributed by atoms with van der Waals surface area (Å²) in [4.78, 5) is 28.5. The Morgan fingerprint density at radius 1 is 1.32 bits per heavy atom. The van der Waals surface area contributed by atoms with Gasteiger partial charge < -0.3 is 14.6 Å². The van der Waals surface area contributed by atoms with Gasteiger partial charge in [-0.1, -0.05) is 12.2 Å². The van der Waals surface area contributed by atoms with E-state index in [1.807, 2.05) is 24.0 Å². The van der Waals surface area contributed by atoms with E-state index in [-0.39, 0.29) is 22.5 Å². The maximum atomic E-state index is 15.3. The Hall–Kier alpha value is -2.67. The van der Waals surface area contributed by atoms with Crippen molar-refractivity contribution in [2.45, 2.75) is 32.4 Å². The second kappa shape index (κ2) is 6.17. The highest BCUT2D eigenvalue weighted by molar-refractivity contribution is 5.99. The van der Waals surface area contributed by atoms with Gasteiger partial charge in [0, 0.05) is 43.0 Å². The van der Waals surface area contributed by atoms with Crippen LogP contribution >= 0.6 is 0 Å². The quantitative estimate of drug-likeness (QED) is 0.861. The number of aromatic nitrogens is 1. The maximum Gasteiger partial charge on any atom is 0.341 e. The summed E-state index contributed by atoms with van der Waals surface area (Å²) in [5.41, 5.74) is 0.610. The van der Waals surface area contributed by atoms with Crippen molar-refractivity contribution in [1.82, 2.24) is 9.47 Å². The highest BCUT2D eigenvalue weighted by Crippen LogP contribution is 2.38. The fourth-order valence-corrected chi connectivity index (χ4v) is 4.22. The molecule has 1 aromatic heterocycles. The van der Waals surface area contributed by atoms with Crippen LogP contribution in [0.3, 0.4) is 0 Å². The van der Waals surface area contributed by atoms with Crippen molar-refractivity contribution in [3.63, 3.8) is 0 Å². The first kappa shape index (κ1) is 18.7. The first-order valence-corrected chi connectivity index (χ1v) is 9.41. The van der Waals surface area contributed by atoms with Gasteiger partial charge in [0.1, 0.15) is 11.4 Å². The first-order chi connectivity index (χ1) is 13.1. The minimum Gasteiger partial charge on any atom is -0.477 e. The summed E-state index contributed by atoms with van der Waals surface area (Å²) in [7, 11) is 2.06. The van der Waals surface area contributed by atoms with Gasteiger partial charge in [0.15, 0.2) is 0 Å². The zero-order valence-corrected chi connectivity index (χ0v) is 16.5. The molecule has 1 unspecified atom stereocenters. The van der Waals surface area contributed by atoms with Gasteiger partial charge in [-0.2, -0.15) is 0 Å². The lowest BCUT2D eigenvalue weighted by atomic mass is 9.95. The molecule has 0 amide bonds. The van der Waals surface area contributed by atoms with Crippen LogP contribution in [0.4, 0.5) is 10.1 Å². The van der Waals surface area contributed by atoms with Crippen LogP contribution < -0.4 is 10.3 Å². The number of pyridine rings is 1. The molecule has 148 valence electrons. The predicted octanol–water partition coefficient (Wildman–Crippen LogP) is 2.96. The van der Waals surface area contributed by atoms with E-state index in [4.69, 9.17) is 0 Å². The van der Waals surface area contributed by atoms with Crippen LogP contribution in [0.5, 0.6) is 0 Å². The van der Waals surface area contributed by atoms with Crippen molar-refractivity contribution in [1.29, 1.82) is 0 Å². The monoisotopic (exact) mass is 385 g/mol. The molecule has 1 fully saturated rings. The normalized spacial score (nSPS) is 21.3. The Morgan fingerprint density at radius 2 is 2.04 bits per heavy atom. The fourth-order valence-electron chi connectivity index (χ4n) is 4.22. The van der Waals surface area contributed by atoms with Crippen LogP contribution in [0.1, 0.15) is 42.7 Å². The maximum absolute atomic E-state index is 15.3. The van der Waals surface area contributed by atoms with Crippen LogP contribution in [0, 0.1) is 5.82 Å². The molecule has 4 rings (SSSR count). The van der Waals surface area contributed by atoms with Crippen molar-refractivity contribution in [3.05, 3.63) is 45.5 Å². The zero-order chi connectivity index (χ0) is 20.4.